The molecule has 0 bridgehead atoms. The molecule has 0 aliphatic heterocycles. The average Bonchev–Trinajstić information content (AvgIpc) is 2.38. The van der Waals surface area contributed by atoms with E-state index in [4.69, 9.17) is 0 Å². The lowest BCUT2D eigenvalue weighted by Gasteiger charge is -2.35. The highest BCUT2D eigenvalue weighted by molar-refractivity contribution is 14.1. The minimum Gasteiger partial charge on any atom is -0.310 e. The predicted octanol–water partition coefficient (Wildman–Crippen LogP) is 4.60. The van der Waals surface area contributed by atoms with Crippen LogP contribution in [-0.4, -0.2) is 6.04 Å². The second-order valence-corrected chi connectivity index (χ2v) is 7.05. The van der Waals surface area contributed by atoms with E-state index >= 15 is 0 Å². The van der Waals surface area contributed by atoms with E-state index in [0.29, 0.717) is 0 Å². The third-order valence-corrected chi connectivity index (χ3v) is 4.88. The van der Waals surface area contributed by atoms with Crippen molar-refractivity contribution < 1.29 is 0 Å². The van der Waals surface area contributed by atoms with Gasteiger partial charge in [0.1, 0.15) is 0 Å². The first-order chi connectivity index (χ1) is 8.66. The Bertz CT molecular complexity index is 358. The molecule has 1 nitrogen and oxygen atoms in total. The first-order valence-electron chi connectivity index (χ1n) is 7.14. The van der Waals surface area contributed by atoms with Crippen molar-refractivity contribution in [3.05, 3.63) is 33.4 Å². The van der Waals surface area contributed by atoms with Crippen LogP contribution in [0.3, 0.4) is 0 Å². The number of hydrogen-bond acceptors (Lipinski definition) is 1. The van der Waals surface area contributed by atoms with E-state index in [9.17, 15) is 0 Å². The molecule has 0 amide bonds. The van der Waals surface area contributed by atoms with Gasteiger partial charge >= 0.3 is 0 Å². The van der Waals surface area contributed by atoms with Gasteiger partial charge < -0.3 is 5.32 Å². The summed E-state index contributed by atoms with van der Waals surface area (Å²) in [5.41, 5.74) is 1.41. The van der Waals surface area contributed by atoms with Crippen molar-refractivity contribution in [2.75, 3.05) is 0 Å². The van der Waals surface area contributed by atoms with Crippen LogP contribution >= 0.6 is 22.6 Å². The molecule has 2 rings (SSSR count). The molecule has 2 atom stereocenters. The largest absolute Gasteiger partial charge is 0.310 e. The fourth-order valence-corrected chi connectivity index (χ4v) is 3.42. The number of halogens is 1. The molecule has 1 fully saturated rings. The normalized spacial score (nSPS) is 24.4. The van der Waals surface area contributed by atoms with E-state index in [-0.39, 0.29) is 0 Å². The van der Waals surface area contributed by atoms with E-state index in [0.717, 1.165) is 24.4 Å². The van der Waals surface area contributed by atoms with Crippen LogP contribution in [0.5, 0.6) is 0 Å². The third kappa shape index (κ3) is 3.95. The van der Waals surface area contributed by atoms with Gasteiger partial charge in [0, 0.05) is 16.2 Å². The van der Waals surface area contributed by atoms with Crippen molar-refractivity contribution in [1.82, 2.24) is 5.32 Å². The van der Waals surface area contributed by atoms with Crippen molar-refractivity contribution in [3.63, 3.8) is 0 Å². The Labute approximate surface area is 125 Å². The van der Waals surface area contributed by atoms with Crippen molar-refractivity contribution in [2.24, 2.45) is 11.8 Å². The van der Waals surface area contributed by atoms with Crippen LogP contribution in [0.15, 0.2) is 24.3 Å². The minimum atomic E-state index is 0.720. The molecule has 1 aliphatic carbocycles. The Kier molecular flexibility index (Phi) is 5.49. The van der Waals surface area contributed by atoms with Gasteiger partial charge in [-0.3, -0.25) is 0 Å². The van der Waals surface area contributed by atoms with Crippen molar-refractivity contribution in [1.29, 1.82) is 0 Å². The van der Waals surface area contributed by atoms with Crippen LogP contribution in [0.2, 0.25) is 0 Å². The van der Waals surface area contributed by atoms with Gasteiger partial charge in [0.25, 0.3) is 0 Å². The summed E-state index contributed by atoms with van der Waals surface area (Å²) < 4.78 is 1.31. The first-order valence-corrected chi connectivity index (χ1v) is 8.22. The zero-order valence-electron chi connectivity index (χ0n) is 11.5. The summed E-state index contributed by atoms with van der Waals surface area (Å²) in [6.45, 7) is 5.76. The molecule has 0 radical (unpaired) electrons. The molecular weight excluding hydrogens is 333 g/mol. The Balaban J connectivity index is 1.89. The number of benzene rings is 1. The lowest BCUT2D eigenvalue weighted by Crippen LogP contribution is -2.40. The van der Waals surface area contributed by atoms with E-state index in [1.807, 2.05) is 0 Å². The summed E-state index contributed by atoms with van der Waals surface area (Å²) in [6, 6.07) is 9.58. The van der Waals surface area contributed by atoms with E-state index < -0.39 is 0 Å². The topological polar surface area (TPSA) is 12.0 Å². The standard InChI is InChI=1S/C16H24IN/c1-12(2)15-5-3-4-6-16(15)18-11-13-7-9-14(17)10-8-13/h7-10,12,15-16,18H,3-6,11H2,1-2H3. The van der Waals surface area contributed by atoms with Gasteiger partial charge in [-0.2, -0.15) is 0 Å². The molecule has 1 saturated carbocycles. The minimum absolute atomic E-state index is 0.720. The fraction of sp³-hybridized carbons (Fsp3) is 0.625. The maximum Gasteiger partial charge on any atom is 0.0208 e. The maximum absolute atomic E-state index is 3.79. The summed E-state index contributed by atoms with van der Waals surface area (Å²) in [5.74, 6) is 1.67. The monoisotopic (exact) mass is 357 g/mol. The molecule has 1 aromatic rings. The quantitative estimate of drug-likeness (QED) is 0.777. The van der Waals surface area contributed by atoms with Gasteiger partial charge in [0.05, 0.1) is 0 Å². The third-order valence-electron chi connectivity index (χ3n) is 4.16. The highest BCUT2D eigenvalue weighted by Crippen LogP contribution is 2.30. The summed E-state index contributed by atoms with van der Waals surface area (Å²) >= 11 is 2.36. The van der Waals surface area contributed by atoms with Gasteiger partial charge in [0.15, 0.2) is 0 Å². The molecule has 0 saturated heterocycles. The SMILES string of the molecule is CC(C)C1CCCCC1NCc1ccc(I)cc1. The molecular formula is C16H24IN. The van der Waals surface area contributed by atoms with Gasteiger partial charge in [-0.25, -0.2) is 0 Å². The molecule has 18 heavy (non-hydrogen) atoms. The summed E-state index contributed by atoms with van der Waals surface area (Å²) in [6.07, 6.45) is 5.58. The van der Waals surface area contributed by atoms with E-state index in [1.54, 1.807) is 0 Å². The van der Waals surface area contributed by atoms with Crippen molar-refractivity contribution in [2.45, 2.75) is 52.1 Å². The molecule has 1 aromatic carbocycles. The Hall–Kier alpha value is -0.0900. The molecule has 100 valence electrons. The van der Waals surface area contributed by atoms with Gasteiger partial charge in [-0.1, -0.05) is 38.8 Å². The Morgan fingerprint density at radius 1 is 1.17 bits per heavy atom. The average molecular weight is 357 g/mol. The van der Waals surface area contributed by atoms with Crippen LogP contribution in [0.4, 0.5) is 0 Å². The predicted molar refractivity (Wildman–Crippen MR) is 86.6 cm³/mol. The van der Waals surface area contributed by atoms with Crippen LogP contribution in [0.25, 0.3) is 0 Å². The molecule has 0 spiro atoms. The molecule has 2 heteroatoms. The van der Waals surface area contributed by atoms with Gasteiger partial charge in [-0.15, -0.1) is 0 Å². The second-order valence-electron chi connectivity index (χ2n) is 5.81. The fourth-order valence-electron chi connectivity index (χ4n) is 3.06. The van der Waals surface area contributed by atoms with E-state index in [2.05, 4.69) is 66.0 Å². The highest BCUT2D eigenvalue weighted by Gasteiger charge is 2.26. The number of rotatable bonds is 4. The van der Waals surface area contributed by atoms with Crippen molar-refractivity contribution in [3.8, 4) is 0 Å². The highest BCUT2D eigenvalue weighted by atomic mass is 127. The zero-order valence-corrected chi connectivity index (χ0v) is 13.6. The van der Waals surface area contributed by atoms with Crippen LogP contribution in [0.1, 0.15) is 45.1 Å². The zero-order chi connectivity index (χ0) is 13.0. The second kappa shape index (κ2) is 6.90. The van der Waals surface area contributed by atoms with Crippen LogP contribution < -0.4 is 5.32 Å². The molecule has 1 N–H and O–H groups in total. The molecule has 0 heterocycles. The maximum atomic E-state index is 3.79. The first kappa shape index (κ1) is 14.3. The van der Waals surface area contributed by atoms with Crippen molar-refractivity contribution >= 4 is 22.6 Å². The van der Waals surface area contributed by atoms with Crippen LogP contribution in [-0.2, 0) is 6.54 Å². The van der Waals surface area contributed by atoms with E-state index in [1.165, 1.54) is 34.8 Å². The molecule has 0 aromatic heterocycles. The smallest absolute Gasteiger partial charge is 0.0208 e. The molecule has 2 unspecified atom stereocenters. The lowest BCUT2D eigenvalue weighted by atomic mass is 9.78. The molecule has 1 aliphatic rings. The summed E-state index contributed by atoms with van der Waals surface area (Å²) in [4.78, 5) is 0. The lowest BCUT2D eigenvalue weighted by molar-refractivity contribution is 0.204. The van der Waals surface area contributed by atoms with Crippen LogP contribution in [0, 0.1) is 15.4 Å². The van der Waals surface area contributed by atoms with Gasteiger partial charge in [0.2, 0.25) is 0 Å². The summed E-state index contributed by atoms with van der Waals surface area (Å²) in [5, 5.41) is 3.79. The summed E-state index contributed by atoms with van der Waals surface area (Å²) in [7, 11) is 0. The number of nitrogens with one attached hydrogen (secondary N) is 1. The van der Waals surface area contributed by atoms with Gasteiger partial charge in [-0.05, 0) is 65.0 Å². The Morgan fingerprint density at radius 2 is 1.83 bits per heavy atom. The number of hydrogen-bond donors (Lipinski definition) is 1. The Morgan fingerprint density at radius 3 is 2.50 bits per heavy atom.